The Balaban J connectivity index is 1.87. The van der Waals surface area contributed by atoms with Crippen LogP contribution >= 0.6 is 11.8 Å². The highest BCUT2D eigenvalue weighted by Gasteiger charge is 2.02. The lowest BCUT2D eigenvalue weighted by molar-refractivity contribution is 0.280. The van der Waals surface area contributed by atoms with E-state index in [2.05, 4.69) is 40.3 Å². The van der Waals surface area contributed by atoms with Gasteiger partial charge in [-0.05, 0) is 34.7 Å². The van der Waals surface area contributed by atoms with Gasteiger partial charge in [-0.2, -0.15) is 0 Å². The summed E-state index contributed by atoms with van der Waals surface area (Å²) in [5, 5.41) is 12.1. The minimum atomic E-state index is -0.0269. The number of hydrogen-bond donors (Lipinski definition) is 1. The molecular formula is C15H12N2OS. The largest absolute Gasteiger partial charge is 0.392 e. The molecule has 94 valence electrons. The van der Waals surface area contributed by atoms with Crippen molar-refractivity contribution in [3.8, 4) is 0 Å². The van der Waals surface area contributed by atoms with Gasteiger partial charge in [-0.1, -0.05) is 30.3 Å². The van der Waals surface area contributed by atoms with Crippen LogP contribution in [0.25, 0.3) is 10.8 Å². The molecular weight excluding hydrogens is 256 g/mol. The molecule has 4 heteroatoms. The van der Waals surface area contributed by atoms with Gasteiger partial charge in [0.2, 0.25) is 0 Å². The Morgan fingerprint density at radius 2 is 1.68 bits per heavy atom. The minimum Gasteiger partial charge on any atom is -0.392 e. The van der Waals surface area contributed by atoms with Crippen molar-refractivity contribution in [3.05, 3.63) is 60.4 Å². The van der Waals surface area contributed by atoms with E-state index in [0.717, 1.165) is 10.5 Å². The second-order valence-corrected chi connectivity index (χ2v) is 5.18. The van der Waals surface area contributed by atoms with Gasteiger partial charge in [0, 0.05) is 22.9 Å². The van der Waals surface area contributed by atoms with Gasteiger partial charge in [0.1, 0.15) is 0 Å². The molecule has 3 nitrogen and oxygen atoms in total. The van der Waals surface area contributed by atoms with Crippen LogP contribution in [0.15, 0.2) is 64.9 Å². The smallest absolute Gasteiger partial charge is 0.192 e. The van der Waals surface area contributed by atoms with E-state index >= 15 is 0 Å². The molecule has 0 atom stereocenters. The van der Waals surface area contributed by atoms with Gasteiger partial charge in [-0.15, -0.1) is 0 Å². The molecule has 2 aromatic carbocycles. The Hall–Kier alpha value is -1.91. The van der Waals surface area contributed by atoms with Crippen molar-refractivity contribution < 1.29 is 5.11 Å². The number of rotatable bonds is 3. The number of aromatic nitrogens is 2. The predicted octanol–water partition coefficient (Wildman–Crippen LogP) is 3.27. The van der Waals surface area contributed by atoms with Crippen molar-refractivity contribution in [1.82, 2.24) is 9.97 Å². The van der Waals surface area contributed by atoms with Crippen molar-refractivity contribution in [1.29, 1.82) is 0 Å². The van der Waals surface area contributed by atoms with E-state index in [9.17, 15) is 0 Å². The van der Waals surface area contributed by atoms with Crippen LogP contribution in [0.1, 0.15) is 5.56 Å². The Labute approximate surface area is 115 Å². The van der Waals surface area contributed by atoms with Crippen LogP contribution in [-0.4, -0.2) is 15.1 Å². The molecule has 1 N–H and O–H groups in total. The molecule has 0 saturated heterocycles. The lowest BCUT2D eigenvalue weighted by Gasteiger charge is -2.03. The van der Waals surface area contributed by atoms with E-state index in [4.69, 9.17) is 5.11 Å². The highest BCUT2D eigenvalue weighted by Crippen LogP contribution is 2.27. The van der Waals surface area contributed by atoms with Crippen LogP contribution in [-0.2, 0) is 6.61 Å². The molecule has 3 rings (SSSR count). The first-order valence-electron chi connectivity index (χ1n) is 5.93. The average Bonchev–Trinajstić information content (AvgIpc) is 2.48. The standard InChI is InChI=1S/C15H12N2OS/c18-10-11-8-16-15(17-9-11)19-14-6-5-12-3-1-2-4-13(12)7-14/h1-9,18H,10H2. The third-order valence-electron chi connectivity index (χ3n) is 2.79. The summed E-state index contributed by atoms with van der Waals surface area (Å²) in [5.41, 5.74) is 0.725. The minimum absolute atomic E-state index is 0.0269. The first-order valence-corrected chi connectivity index (χ1v) is 6.75. The molecule has 0 aliphatic carbocycles. The van der Waals surface area contributed by atoms with E-state index in [1.807, 2.05) is 12.1 Å². The van der Waals surface area contributed by atoms with Crippen molar-refractivity contribution in [2.45, 2.75) is 16.7 Å². The van der Waals surface area contributed by atoms with Crippen LogP contribution < -0.4 is 0 Å². The first kappa shape index (κ1) is 12.1. The predicted molar refractivity (Wildman–Crippen MR) is 76.0 cm³/mol. The van der Waals surface area contributed by atoms with Crippen molar-refractivity contribution in [3.63, 3.8) is 0 Å². The quantitative estimate of drug-likeness (QED) is 0.740. The van der Waals surface area contributed by atoms with E-state index in [1.54, 1.807) is 12.4 Å². The summed E-state index contributed by atoms with van der Waals surface area (Å²) in [6, 6.07) is 14.5. The Morgan fingerprint density at radius 1 is 0.947 bits per heavy atom. The molecule has 0 unspecified atom stereocenters. The maximum absolute atomic E-state index is 8.95. The topological polar surface area (TPSA) is 46.0 Å². The second-order valence-electron chi connectivity index (χ2n) is 4.14. The van der Waals surface area contributed by atoms with E-state index in [0.29, 0.717) is 5.16 Å². The molecule has 0 aliphatic rings. The summed E-state index contributed by atoms with van der Waals surface area (Å²) in [4.78, 5) is 9.54. The van der Waals surface area contributed by atoms with E-state index in [-0.39, 0.29) is 6.61 Å². The number of aliphatic hydroxyl groups excluding tert-OH is 1. The molecule has 0 spiro atoms. The van der Waals surface area contributed by atoms with Gasteiger partial charge >= 0.3 is 0 Å². The molecule has 3 aromatic rings. The van der Waals surface area contributed by atoms with Crippen LogP contribution in [0.2, 0.25) is 0 Å². The molecule has 0 bridgehead atoms. The summed E-state index contributed by atoms with van der Waals surface area (Å²) < 4.78 is 0. The van der Waals surface area contributed by atoms with E-state index < -0.39 is 0 Å². The lowest BCUT2D eigenvalue weighted by Crippen LogP contribution is -1.90. The van der Waals surface area contributed by atoms with Gasteiger partial charge < -0.3 is 5.11 Å². The number of benzene rings is 2. The average molecular weight is 268 g/mol. The van der Waals surface area contributed by atoms with Gasteiger partial charge in [0.25, 0.3) is 0 Å². The lowest BCUT2D eigenvalue weighted by atomic mass is 10.1. The Bertz CT molecular complexity index is 698. The molecule has 0 saturated carbocycles. The van der Waals surface area contributed by atoms with Gasteiger partial charge in [0.05, 0.1) is 6.61 Å². The van der Waals surface area contributed by atoms with Crippen molar-refractivity contribution >= 4 is 22.5 Å². The summed E-state index contributed by atoms with van der Waals surface area (Å²) in [7, 11) is 0. The normalized spacial score (nSPS) is 10.8. The maximum atomic E-state index is 8.95. The highest BCUT2D eigenvalue weighted by molar-refractivity contribution is 7.99. The van der Waals surface area contributed by atoms with Crippen LogP contribution in [0, 0.1) is 0 Å². The fraction of sp³-hybridized carbons (Fsp3) is 0.0667. The number of nitrogens with zero attached hydrogens (tertiary/aromatic N) is 2. The van der Waals surface area contributed by atoms with Gasteiger partial charge in [-0.3, -0.25) is 0 Å². The second kappa shape index (κ2) is 5.38. The zero-order valence-electron chi connectivity index (χ0n) is 10.2. The molecule has 19 heavy (non-hydrogen) atoms. The van der Waals surface area contributed by atoms with Crippen LogP contribution in [0.4, 0.5) is 0 Å². The summed E-state index contributed by atoms with van der Waals surface area (Å²) in [6.07, 6.45) is 3.30. The Kier molecular flexibility index (Phi) is 3.44. The number of aliphatic hydroxyl groups is 1. The fourth-order valence-corrected chi connectivity index (χ4v) is 2.56. The fourth-order valence-electron chi connectivity index (χ4n) is 1.81. The molecule has 0 fully saturated rings. The zero-order valence-corrected chi connectivity index (χ0v) is 11.0. The Morgan fingerprint density at radius 3 is 2.42 bits per heavy atom. The number of hydrogen-bond acceptors (Lipinski definition) is 4. The maximum Gasteiger partial charge on any atom is 0.192 e. The van der Waals surface area contributed by atoms with Crippen LogP contribution in [0.5, 0.6) is 0 Å². The summed E-state index contributed by atoms with van der Waals surface area (Å²) in [5.74, 6) is 0. The summed E-state index contributed by atoms with van der Waals surface area (Å²) in [6.45, 7) is -0.0269. The molecule has 0 amide bonds. The molecule has 0 aliphatic heterocycles. The first-order chi connectivity index (χ1) is 9.35. The third-order valence-corrected chi connectivity index (χ3v) is 3.68. The third kappa shape index (κ3) is 2.75. The summed E-state index contributed by atoms with van der Waals surface area (Å²) >= 11 is 1.52. The van der Waals surface area contributed by atoms with Crippen molar-refractivity contribution in [2.24, 2.45) is 0 Å². The molecule has 1 heterocycles. The molecule has 0 radical (unpaired) electrons. The van der Waals surface area contributed by atoms with Gasteiger partial charge in [0.15, 0.2) is 5.16 Å². The van der Waals surface area contributed by atoms with Crippen LogP contribution in [0.3, 0.4) is 0 Å². The van der Waals surface area contributed by atoms with Crippen molar-refractivity contribution in [2.75, 3.05) is 0 Å². The SMILES string of the molecule is OCc1cnc(Sc2ccc3ccccc3c2)nc1. The van der Waals surface area contributed by atoms with E-state index in [1.165, 1.54) is 22.5 Å². The highest BCUT2D eigenvalue weighted by atomic mass is 32.2. The zero-order chi connectivity index (χ0) is 13.1. The monoisotopic (exact) mass is 268 g/mol. The van der Waals surface area contributed by atoms with Gasteiger partial charge in [-0.25, -0.2) is 9.97 Å². The molecule has 1 aromatic heterocycles. The number of fused-ring (bicyclic) bond motifs is 1.